The zero-order valence-corrected chi connectivity index (χ0v) is 25.5. The molecule has 0 aliphatic rings. The van der Waals surface area contributed by atoms with E-state index in [2.05, 4.69) is 153 Å². The van der Waals surface area contributed by atoms with E-state index in [9.17, 15) is 0 Å². The highest BCUT2D eigenvalue weighted by molar-refractivity contribution is 6.23. The summed E-state index contributed by atoms with van der Waals surface area (Å²) >= 11 is 0. The minimum atomic E-state index is 0.453. The molecule has 0 saturated heterocycles. The molecule has 45 heavy (non-hydrogen) atoms. The second kappa shape index (κ2) is 11.2. The highest BCUT2D eigenvalue weighted by atomic mass is 14.7. The Kier molecular flexibility index (Phi) is 6.73. The van der Waals surface area contributed by atoms with Crippen LogP contribution in [-0.4, -0.2) is 4.98 Å². The highest BCUT2D eigenvalue weighted by Gasteiger charge is 2.19. The molecule has 214 valence electrons. The molecule has 0 atom stereocenters. The largest absolute Gasteiger partial charge is 0.256 e. The Morgan fingerprint density at radius 1 is 0.400 bits per heavy atom. The summed E-state index contributed by atoms with van der Waals surface area (Å²) in [6.07, 6.45) is 1.88. The van der Waals surface area contributed by atoms with Gasteiger partial charge in [-0.15, -0.1) is 0 Å². The molecule has 0 fully saturated rings. The molecule has 0 unspecified atom stereocenters. The van der Waals surface area contributed by atoms with E-state index in [1.54, 1.807) is 0 Å². The van der Waals surface area contributed by atoms with Gasteiger partial charge in [-0.3, -0.25) is 4.98 Å². The van der Waals surface area contributed by atoms with Crippen LogP contribution >= 0.6 is 0 Å². The first-order chi connectivity index (χ1) is 22.2. The van der Waals surface area contributed by atoms with Gasteiger partial charge in [0.05, 0.1) is 5.69 Å². The molecule has 0 N–H and O–H groups in total. The van der Waals surface area contributed by atoms with Crippen molar-refractivity contribution in [2.75, 3.05) is 0 Å². The quantitative estimate of drug-likeness (QED) is 0.186. The lowest BCUT2D eigenvalue weighted by Crippen LogP contribution is -1.94. The topological polar surface area (TPSA) is 12.9 Å². The molecular weight excluding hydrogens is 542 g/mol. The lowest BCUT2D eigenvalue weighted by atomic mass is 9.83. The minimum absolute atomic E-state index is 0.453. The third-order valence-corrected chi connectivity index (χ3v) is 9.10. The molecular formula is C44H33N. The molecule has 1 heteroatoms. The normalized spacial score (nSPS) is 11.5. The first-order valence-electron chi connectivity index (χ1n) is 15.8. The SMILES string of the molecule is CC(C)c1cccc2c(-c3c4ccccc4c(-c4cccc(-c5cccnc5-c5ccccc5)c4)c4ccccc34)cccc12. The molecule has 1 nitrogen and oxygen atoms in total. The van der Waals surface area contributed by atoms with Crippen molar-refractivity contribution in [3.8, 4) is 44.6 Å². The van der Waals surface area contributed by atoms with E-state index in [0.717, 1.165) is 22.4 Å². The average molecular weight is 576 g/mol. The van der Waals surface area contributed by atoms with Crippen molar-refractivity contribution < 1.29 is 0 Å². The summed E-state index contributed by atoms with van der Waals surface area (Å²) in [5.41, 5.74) is 10.8. The van der Waals surface area contributed by atoms with Gasteiger partial charge < -0.3 is 0 Å². The number of nitrogens with zero attached hydrogens (tertiary/aromatic N) is 1. The van der Waals surface area contributed by atoms with Crippen LogP contribution in [0.25, 0.3) is 77.0 Å². The lowest BCUT2D eigenvalue weighted by molar-refractivity contribution is 0.876. The predicted molar refractivity (Wildman–Crippen MR) is 193 cm³/mol. The Morgan fingerprint density at radius 3 is 1.64 bits per heavy atom. The molecule has 1 heterocycles. The molecule has 0 aliphatic carbocycles. The maximum atomic E-state index is 4.81. The van der Waals surface area contributed by atoms with Crippen molar-refractivity contribution in [3.05, 3.63) is 163 Å². The average Bonchev–Trinajstić information content (AvgIpc) is 3.10. The Bertz CT molecular complexity index is 2290. The van der Waals surface area contributed by atoms with Gasteiger partial charge in [0.15, 0.2) is 0 Å². The van der Waals surface area contributed by atoms with Crippen molar-refractivity contribution in [1.29, 1.82) is 0 Å². The zero-order valence-electron chi connectivity index (χ0n) is 25.5. The maximum Gasteiger partial charge on any atom is 0.0780 e. The molecule has 0 radical (unpaired) electrons. The van der Waals surface area contributed by atoms with Gasteiger partial charge in [-0.2, -0.15) is 0 Å². The number of rotatable bonds is 5. The van der Waals surface area contributed by atoms with Crippen molar-refractivity contribution in [2.45, 2.75) is 19.8 Å². The van der Waals surface area contributed by atoms with Crippen molar-refractivity contribution >= 4 is 32.3 Å². The summed E-state index contributed by atoms with van der Waals surface area (Å²) in [7, 11) is 0. The van der Waals surface area contributed by atoms with Crippen molar-refractivity contribution in [2.24, 2.45) is 0 Å². The Labute approximate surface area is 264 Å². The number of hydrogen-bond donors (Lipinski definition) is 0. The standard InChI is InChI=1S/C44H33N/c1-29(2)33-22-11-24-36-35(33)23-12-25-37(36)43-40-20-8-6-18-38(40)42(39-19-7-9-21-41(39)43)32-17-10-16-31(28-32)34-26-13-27-45-44(34)30-14-4-3-5-15-30/h3-29H,1-2H3. The molecule has 0 saturated carbocycles. The fraction of sp³-hybridized carbons (Fsp3) is 0.0682. The summed E-state index contributed by atoms with van der Waals surface area (Å²) < 4.78 is 0. The molecule has 0 bridgehead atoms. The van der Waals surface area contributed by atoms with Crippen LogP contribution in [0.3, 0.4) is 0 Å². The Morgan fingerprint density at radius 2 is 0.933 bits per heavy atom. The van der Waals surface area contributed by atoms with Crippen molar-refractivity contribution in [1.82, 2.24) is 4.98 Å². The summed E-state index contributed by atoms with van der Waals surface area (Å²) in [6.45, 7) is 4.56. The van der Waals surface area contributed by atoms with Crippen LogP contribution in [0.5, 0.6) is 0 Å². The summed E-state index contributed by atoms with van der Waals surface area (Å²) in [4.78, 5) is 4.81. The lowest BCUT2D eigenvalue weighted by Gasteiger charge is -2.20. The van der Waals surface area contributed by atoms with E-state index >= 15 is 0 Å². The monoisotopic (exact) mass is 575 g/mol. The van der Waals surface area contributed by atoms with Crippen LogP contribution in [0, 0.1) is 0 Å². The minimum Gasteiger partial charge on any atom is -0.256 e. The second-order valence-corrected chi connectivity index (χ2v) is 12.1. The number of benzene rings is 7. The van der Waals surface area contributed by atoms with Crippen LogP contribution in [0.4, 0.5) is 0 Å². The fourth-order valence-electron chi connectivity index (χ4n) is 7.09. The van der Waals surface area contributed by atoms with E-state index in [0.29, 0.717) is 5.92 Å². The van der Waals surface area contributed by atoms with Gasteiger partial charge in [-0.25, -0.2) is 0 Å². The van der Waals surface area contributed by atoms with Crippen LogP contribution in [-0.2, 0) is 0 Å². The summed E-state index contributed by atoms with van der Waals surface area (Å²) in [5.74, 6) is 0.453. The molecule has 0 amide bonds. The van der Waals surface area contributed by atoms with Crippen molar-refractivity contribution in [3.63, 3.8) is 0 Å². The van der Waals surface area contributed by atoms with E-state index in [1.165, 1.54) is 60.1 Å². The first kappa shape index (κ1) is 27.0. The van der Waals surface area contributed by atoms with Gasteiger partial charge >= 0.3 is 0 Å². The number of aromatic nitrogens is 1. The van der Waals surface area contributed by atoms with E-state index < -0.39 is 0 Å². The van der Waals surface area contributed by atoms with E-state index in [4.69, 9.17) is 4.98 Å². The maximum absolute atomic E-state index is 4.81. The van der Waals surface area contributed by atoms with Crippen LogP contribution in [0.2, 0.25) is 0 Å². The number of hydrogen-bond acceptors (Lipinski definition) is 1. The molecule has 8 aromatic rings. The van der Waals surface area contributed by atoms with Crippen LogP contribution in [0.15, 0.2) is 158 Å². The number of fused-ring (bicyclic) bond motifs is 3. The Balaban J connectivity index is 1.40. The fourth-order valence-corrected chi connectivity index (χ4v) is 7.09. The van der Waals surface area contributed by atoms with Gasteiger partial charge in [0.25, 0.3) is 0 Å². The van der Waals surface area contributed by atoms with Gasteiger partial charge in [0.1, 0.15) is 0 Å². The van der Waals surface area contributed by atoms with E-state index in [-0.39, 0.29) is 0 Å². The second-order valence-electron chi connectivity index (χ2n) is 12.1. The zero-order chi connectivity index (χ0) is 30.3. The third kappa shape index (κ3) is 4.60. The van der Waals surface area contributed by atoms with Gasteiger partial charge in [-0.05, 0) is 83.7 Å². The smallest absolute Gasteiger partial charge is 0.0780 e. The summed E-state index contributed by atoms with van der Waals surface area (Å²) in [6, 6.07) is 55.1. The van der Waals surface area contributed by atoms with Gasteiger partial charge in [0.2, 0.25) is 0 Å². The van der Waals surface area contributed by atoms with Crippen LogP contribution < -0.4 is 0 Å². The van der Waals surface area contributed by atoms with E-state index in [1.807, 2.05) is 18.3 Å². The molecule has 0 aliphatic heterocycles. The molecule has 1 aromatic heterocycles. The molecule has 0 spiro atoms. The molecule has 7 aromatic carbocycles. The third-order valence-electron chi connectivity index (χ3n) is 9.10. The predicted octanol–water partition coefficient (Wildman–Crippen LogP) is 12.3. The first-order valence-corrected chi connectivity index (χ1v) is 15.8. The number of pyridine rings is 1. The molecule has 8 rings (SSSR count). The Hall–Kier alpha value is -5.53. The van der Waals surface area contributed by atoms with Crippen LogP contribution in [0.1, 0.15) is 25.3 Å². The van der Waals surface area contributed by atoms with Gasteiger partial charge in [0, 0.05) is 17.3 Å². The summed E-state index contributed by atoms with van der Waals surface area (Å²) in [5, 5.41) is 7.69. The van der Waals surface area contributed by atoms with Gasteiger partial charge in [-0.1, -0.05) is 153 Å². The highest BCUT2D eigenvalue weighted by Crippen LogP contribution is 2.46.